The quantitative estimate of drug-likeness (QED) is 0.764. The van der Waals surface area contributed by atoms with Crippen LogP contribution in [0.5, 0.6) is 11.5 Å². The number of aromatic hydroxyl groups is 2. The molecule has 0 amide bonds. The first kappa shape index (κ1) is 10.6. The van der Waals surface area contributed by atoms with Gasteiger partial charge in [0.1, 0.15) is 11.5 Å². The van der Waals surface area contributed by atoms with Crippen LogP contribution < -0.4 is 0 Å². The predicted octanol–water partition coefficient (Wildman–Crippen LogP) is 3.38. The van der Waals surface area contributed by atoms with Crippen molar-refractivity contribution >= 4 is 0 Å². The molecule has 0 aliphatic heterocycles. The highest BCUT2D eigenvalue weighted by molar-refractivity contribution is 5.77. The highest BCUT2D eigenvalue weighted by Crippen LogP contribution is 2.39. The topological polar surface area (TPSA) is 40.5 Å². The van der Waals surface area contributed by atoms with Gasteiger partial charge in [0.2, 0.25) is 0 Å². The molecular weight excluding hydrogens is 200 g/mol. The molecule has 0 atom stereocenters. The summed E-state index contributed by atoms with van der Waals surface area (Å²) in [5.41, 5.74) is 3.19. The van der Waals surface area contributed by atoms with E-state index in [2.05, 4.69) is 0 Å². The van der Waals surface area contributed by atoms with Gasteiger partial charge < -0.3 is 10.2 Å². The van der Waals surface area contributed by atoms with Gasteiger partial charge in [-0.05, 0) is 31.0 Å². The van der Waals surface area contributed by atoms with E-state index in [4.69, 9.17) is 0 Å². The molecule has 0 aliphatic rings. The highest BCUT2D eigenvalue weighted by atomic mass is 16.3. The normalized spacial score (nSPS) is 10.4. The van der Waals surface area contributed by atoms with Crippen LogP contribution in [0.1, 0.15) is 11.1 Å². The monoisotopic (exact) mass is 214 g/mol. The minimum Gasteiger partial charge on any atom is -0.507 e. The third-order valence-electron chi connectivity index (χ3n) is 2.66. The zero-order valence-corrected chi connectivity index (χ0v) is 9.36. The van der Waals surface area contributed by atoms with Gasteiger partial charge in [-0.15, -0.1) is 0 Å². The number of phenols is 2. The molecule has 0 radical (unpaired) electrons. The summed E-state index contributed by atoms with van der Waals surface area (Å²) < 4.78 is 0. The van der Waals surface area contributed by atoms with E-state index in [0.717, 1.165) is 16.7 Å². The third-order valence-corrected chi connectivity index (χ3v) is 2.66. The fourth-order valence-corrected chi connectivity index (χ4v) is 1.77. The molecule has 0 unspecified atom stereocenters. The molecule has 2 heteroatoms. The van der Waals surface area contributed by atoms with Crippen molar-refractivity contribution in [2.45, 2.75) is 13.8 Å². The zero-order chi connectivity index (χ0) is 11.7. The Balaban J connectivity index is 2.68. The Morgan fingerprint density at radius 2 is 1.69 bits per heavy atom. The molecule has 0 saturated heterocycles. The summed E-state index contributed by atoms with van der Waals surface area (Å²) in [6.07, 6.45) is 0. The van der Waals surface area contributed by atoms with Crippen LogP contribution in [-0.4, -0.2) is 10.2 Å². The lowest BCUT2D eigenvalue weighted by molar-refractivity contribution is 0.451. The molecule has 82 valence electrons. The average molecular weight is 214 g/mol. The van der Waals surface area contributed by atoms with E-state index in [1.165, 1.54) is 0 Å². The maximum Gasteiger partial charge on any atom is 0.130 e. The first-order valence-corrected chi connectivity index (χ1v) is 5.18. The number of hydrogen-bond donors (Lipinski definition) is 2. The molecule has 0 heterocycles. The summed E-state index contributed by atoms with van der Waals surface area (Å²) in [6.45, 7) is 3.79. The second-order valence-electron chi connectivity index (χ2n) is 3.99. The average Bonchev–Trinajstić information content (AvgIpc) is 2.24. The van der Waals surface area contributed by atoms with Gasteiger partial charge in [-0.3, -0.25) is 0 Å². The van der Waals surface area contributed by atoms with E-state index in [9.17, 15) is 10.2 Å². The second kappa shape index (κ2) is 3.89. The molecule has 2 rings (SSSR count). The van der Waals surface area contributed by atoms with Gasteiger partial charge in [-0.1, -0.05) is 35.9 Å². The maximum atomic E-state index is 9.96. The van der Waals surface area contributed by atoms with Crippen molar-refractivity contribution in [2.75, 3.05) is 0 Å². The SMILES string of the molecule is Cc1cccc(-c2c(O)ccc(C)c2O)c1. The summed E-state index contributed by atoms with van der Waals surface area (Å²) in [5.74, 6) is 0.249. The molecule has 0 fully saturated rings. The maximum absolute atomic E-state index is 9.96. The van der Waals surface area contributed by atoms with Crippen molar-refractivity contribution in [3.8, 4) is 22.6 Å². The second-order valence-corrected chi connectivity index (χ2v) is 3.99. The van der Waals surface area contributed by atoms with Gasteiger partial charge in [-0.2, -0.15) is 0 Å². The van der Waals surface area contributed by atoms with Crippen LogP contribution in [0, 0.1) is 13.8 Å². The Morgan fingerprint density at radius 3 is 2.38 bits per heavy atom. The minimum absolute atomic E-state index is 0.105. The van der Waals surface area contributed by atoms with E-state index < -0.39 is 0 Å². The fourth-order valence-electron chi connectivity index (χ4n) is 1.77. The van der Waals surface area contributed by atoms with Crippen LogP contribution in [0.15, 0.2) is 36.4 Å². The van der Waals surface area contributed by atoms with Gasteiger partial charge >= 0.3 is 0 Å². The van der Waals surface area contributed by atoms with Crippen LogP contribution in [-0.2, 0) is 0 Å². The fraction of sp³-hybridized carbons (Fsp3) is 0.143. The largest absolute Gasteiger partial charge is 0.507 e. The van der Waals surface area contributed by atoms with Gasteiger partial charge in [-0.25, -0.2) is 0 Å². The summed E-state index contributed by atoms with van der Waals surface area (Å²) in [6, 6.07) is 11.0. The summed E-state index contributed by atoms with van der Waals surface area (Å²) in [4.78, 5) is 0. The Kier molecular flexibility index (Phi) is 2.57. The number of aryl methyl sites for hydroxylation is 2. The van der Waals surface area contributed by atoms with E-state index in [0.29, 0.717) is 5.56 Å². The van der Waals surface area contributed by atoms with Crippen molar-refractivity contribution in [2.24, 2.45) is 0 Å². The standard InChI is InChI=1S/C14H14O2/c1-9-4-3-5-11(8-9)13-12(15)7-6-10(2)14(13)16/h3-8,15-16H,1-2H3. The van der Waals surface area contributed by atoms with Crippen LogP contribution in [0.2, 0.25) is 0 Å². The molecule has 2 N–H and O–H groups in total. The number of benzene rings is 2. The summed E-state index contributed by atoms with van der Waals surface area (Å²) in [7, 11) is 0. The van der Waals surface area contributed by atoms with Crippen molar-refractivity contribution in [3.05, 3.63) is 47.5 Å². The van der Waals surface area contributed by atoms with Gasteiger partial charge in [0.05, 0.1) is 5.56 Å². The molecule has 0 saturated carbocycles. The lowest BCUT2D eigenvalue weighted by Gasteiger charge is -2.10. The highest BCUT2D eigenvalue weighted by Gasteiger charge is 2.11. The number of rotatable bonds is 1. The van der Waals surface area contributed by atoms with E-state index >= 15 is 0 Å². The van der Waals surface area contributed by atoms with Gasteiger partial charge in [0.25, 0.3) is 0 Å². The lowest BCUT2D eigenvalue weighted by atomic mass is 9.99. The molecule has 0 aromatic heterocycles. The first-order chi connectivity index (χ1) is 7.59. The van der Waals surface area contributed by atoms with Crippen LogP contribution in [0.25, 0.3) is 11.1 Å². The lowest BCUT2D eigenvalue weighted by Crippen LogP contribution is -1.84. The molecule has 0 spiro atoms. The first-order valence-electron chi connectivity index (χ1n) is 5.18. The molecule has 16 heavy (non-hydrogen) atoms. The Morgan fingerprint density at radius 1 is 0.938 bits per heavy atom. The van der Waals surface area contributed by atoms with Crippen molar-refractivity contribution in [1.29, 1.82) is 0 Å². The molecule has 0 aliphatic carbocycles. The third kappa shape index (κ3) is 1.74. The zero-order valence-electron chi connectivity index (χ0n) is 9.36. The number of hydrogen-bond acceptors (Lipinski definition) is 2. The van der Waals surface area contributed by atoms with Crippen molar-refractivity contribution in [1.82, 2.24) is 0 Å². The molecule has 0 bridgehead atoms. The van der Waals surface area contributed by atoms with Crippen LogP contribution >= 0.6 is 0 Å². The van der Waals surface area contributed by atoms with Crippen molar-refractivity contribution < 1.29 is 10.2 Å². The van der Waals surface area contributed by atoms with Gasteiger partial charge in [0, 0.05) is 0 Å². The molecule has 2 nitrogen and oxygen atoms in total. The number of phenolic OH excluding ortho intramolecular Hbond substituents is 2. The Bertz CT molecular complexity index is 530. The van der Waals surface area contributed by atoms with E-state index in [1.54, 1.807) is 12.1 Å². The molecular formula is C14H14O2. The van der Waals surface area contributed by atoms with E-state index in [-0.39, 0.29) is 11.5 Å². The van der Waals surface area contributed by atoms with Crippen LogP contribution in [0.4, 0.5) is 0 Å². The van der Waals surface area contributed by atoms with Crippen LogP contribution in [0.3, 0.4) is 0 Å². The smallest absolute Gasteiger partial charge is 0.130 e. The van der Waals surface area contributed by atoms with E-state index in [1.807, 2.05) is 38.1 Å². The summed E-state index contributed by atoms with van der Waals surface area (Å²) in [5, 5.41) is 19.8. The molecule has 2 aromatic carbocycles. The van der Waals surface area contributed by atoms with Crippen molar-refractivity contribution in [3.63, 3.8) is 0 Å². The minimum atomic E-state index is 0.105. The Labute approximate surface area is 94.8 Å². The van der Waals surface area contributed by atoms with Gasteiger partial charge in [0.15, 0.2) is 0 Å². The predicted molar refractivity (Wildman–Crippen MR) is 64.7 cm³/mol. The molecule has 2 aromatic rings. The summed E-state index contributed by atoms with van der Waals surface area (Å²) >= 11 is 0. The Hall–Kier alpha value is -1.96.